The zero-order chi connectivity index (χ0) is 9.90. The minimum Gasteiger partial charge on any atom is -0.396 e. The van der Waals surface area contributed by atoms with Gasteiger partial charge in [-0.25, -0.2) is 8.42 Å². The topological polar surface area (TPSA) is 55.7 Å². The molecule has 4 nitrogen and oxygen atoms in total. The van der Waals surface area contributed by atoms with Crippen LogP contribution in [0.5, 0.6) is 0 Å². The highest BCUT2D eigenvalue weighted by molar-refractivity contribution is 7.92. The predicted octanol–water partition coefficient (Wildman–Crippen LogP) is 0.834. The summed E-state index contributed by atoms with van der Waals surface area (Å²) in [5.74, 6) is 0.712. The maximum Gasteiger partial charge on any atom is 0.156 e. The molecule has 76 valence electrons. The summed E-state index contributed by atoms with van der Waals surface area (Å²) in [6.07, 6.45) is 0.528. The standard InChI is InChI=1S/C8H15NO3S/c1-7(2)5-12-9-8-3-4-13(10,11)6-8/h7H,3-6H2,1-2H3/b9-8+. The van der Waals surface area contributed by atoms with E-state index < -0.39 is 9.84 Å². The quantitative estimate of drug-likeness (QED) is 0.641. The first-order valence-electron chi connectivity index (χ1n) is 4.38. The van der Waals surface area contributed by atoms with E-state index in [9.17, 15) is 8.42 Å². The second-order valence-corrected chi connectivity index (χ2v) is 5.87. The smallest absolute Gasteiger partial charge is 0.156 e. The molecule has 0 bridgehead atoms. The molecule has 13 heavy (non-hydrogen) atoms. The summed E-state index contributed by atoms with van der Waals surface area (Å²) >= 11 is 0. The molecule has 1 fully saturated rings. The number of nitrogens with zero attached hydrogens (tertiary/aromatic N) is 1. The van der Waals surface area contributed by atoms with E-state index in [4.69, 9.17) is 4.84 Å². The molecule has 1 saturated heterocycles. The van der Waals surface area contributed by atoms with Crippen molar-refractivity contribution in [2.45, 2.75) is 20.3 Å². The molecule has 0 aromatic carbocycles. The van der Waals surface area contributed by atoms with Gasteiger partial charge in [-0.2, -0.15) is 0 Å². The van der Waals surface area contributed by atoms with Crippen molar-refractivity contribution in [2.24, 2.45) is 11.1 Å². The summed E-state index contributed by atoms with van der Waals surface area (Å²) in [6.45, 7) is 4.58. The van der Waals surface area contributed by atoms with E-state index in [1.54, 1.807) is 0 Å². The molecule has 0 radical (unpaired) electrons. The molecule has 0 spiro atoms. The van der Waals surface area contributed by atoms with Crippen LogP contribution in [-0.4, -0.2) is 32.2 Å². The maximum atomic E-state index is 11.0. The van der Waals surface area contributed by atoms with Gasteiger partial charge in [0.05, 0.1) is 17.2 Å². The Morgan fingerprint density at radius 2 is 2.23 bits per heavy atom. The van der Waals surface area contributed by atoms with E-state index in [2.05, 4.69) is 5.16 Å². The van der Waals surface area contributed by atoms with Crippen LogP contribution >= 0.6 is 0 Å². The molecule has 1 heterocycles. The fourth-order valence-corrected chi connectivity index (χ4v) is 2.42. The van der Waals surface area contributed by atoms with Gasteiger partial charge in [-0.1, -0.05) is 19.0 Å². The Labute approximate surface area is 78.9 Å². The van der Waals surface area contributed by atoms with Crippen molar-refractivity contribution in [3.63, 3.8) is 0 Å². The van der Waals surface area contributed by atoms with Crippen LogP contribution in [0.4, 0.5) is 0 Å². The molecule has 0 aromatic heterocycles. The first-order chi connectivity index (χ1) is 5.99. The zero-order valence-corrected chi connectivity index (χ0v) is 8.80. The number of hydrogen-bond donors (Lipinski definition) is 0. The monoisotopic (exact) mass is 205 g/mol. The van der Waals surface area contributed by atoms with Crippen molar-refractivity contribution >= 4 is 15.5 Å². The molecule has 0 aliphatic carbocycles. The van der Waals surface area contributed by atoms with E-state index in [1.807, 2.05) is 13.8 Å². The third-order valence-electron chi connectivity index (χ3n) is 1.69. The van der Waals surface area contributed by atoms with Crippen molar-refractivity contribution in [2.75, 3.05) is 18.1 Å². The number of hydrogen-bond acceptors (Lipinski definition) is 4. The SMILES string of the molecule is CC(C)CO/N=C1\CCS(=O)(=O)C1. The molecule has 0 saturated carbocycles. The average Bonchev–Trinajstić information content (AvgIpc) is 2.29. The summed E-state index contributed by atoms with van der Waals surface area (Å²) in [5.41, 5.74) is 0.653. The molecule has 5 heteroatoms. The lowest BCUT2D eigenvalue weighted by Crippen LogP contribution is -2.05. The largest absolute Gasteiger partial charge is 0.396 e. The maximum absolute atomic E-state index is 11.0. The van der Waals surface area contributed by atoms with E-state index in [-0.39, 0.29) is 11.5 Å². The van der Waals surface area contributed by atoms with Crippen LogP contribution < -0.4 is 0 Å². The molecular weight excluding hydrogens is 190 g/mol. The molecule has 0 unspecified atom stereocenters. The van der Waals surface area contributed by atoms with Crippen LogP contribution in [0, 0.1) is 5.92 Å². The third kappa shape index (κ3) is 3.76. The van der Waals surface area contributed by atoms with Gasteiger partial charge < -0.3 is 4.84 Å². The Hall–Kier alpha value is -0.580. The highest BCUT2D eigenvalue weighted by atomic mass is 32.2. The fraction of sp³-hybridized carbons (Fsp3) is 0.875. The van der Waals surface area contributed by atoms with Crippen molar-refractivity contribution in [1.29, 1.82) is 0 Å². The van der Waals surface area contributed by atoms with Crippen LogP contribution in [0.15, 0.2) is 5.16 Å². The molecule has 1 aliphatic rings. The Balaban J connectivity index is 2.38. The van der Waals surface area contributed by atoms with E-state index >= 15 is 0 Å². The highest BCUT2D eigenvalue weighted by Gasteiger charge is 2.24. The summed E-state index contributed by atoms with van der Waals surface area (Å²) in [6, 6.07) is 0. The van der Waals surface area contributed by atoms with E-state index in [0.29, 0.717) is 24.7 Å². The van der Waals surface area contributed by atoms with Crippen molar-refractivity contribution in [3.05, 3.63) is 0 Å². The summed E-state index contributed by atoms with van der Waals surface area (Å²) in [5, 5.41) is 3.80. The normalized spacial score (nSPS) is 24.1. The molecule has 0 aromatic rings. The van der Waals surface area contributed by atoms with Gasteiger partial charge in [0.1, 0.15) is 6.61 Å². The third-order valence-corrected chi connectivity index (χ3v) is 3.29. The van der Waals surface area contributed by atoms with Gasteiger partial charge in [0.25, 0.3) is 0 Å². The number of rotatable bonds is 3. The molecule has 1 rings (SSSR count). The van der Waals surface area contributed by atoms with Gasteiger partial charge >= 0.3 is 0 Å². The Morgan fingerprint density at radius 3 is 2.69 bits per heavy atom. The lowest BCUT2D eigenvalue weighted by molar-refractivity contribution is 0.118. The average molecular weight is 205 g/mol. The number of sulfone groups is 1. The molecule has 1 aliphatic heterocycles. The number of oxime groups is 1. The second kappa shape index (κ2) is 4.09. The molecule has 0 N–H and O–H groups in total. The first kappa shape index (κ1) is 10.5. The highest BCUT2D eigenvalue weighted by Crippen LogP contribution is 2.08. The van der Waals surface area contributed by atoms with Gasteiger partial charge in [0.15, 0.2) is 9.84 Å². The van der Waals surface area contributed by atoms with Crippen molar-refractivity contribution in [3.8, 4) is 0 Å². The van der Waals surface area contributed by atoms with Crippen molar-refractivity contribution < 1.29 is 13.3 Å². The van der Waals surface area contributed by atoms with Crippen LogP contribution in [-0.2, 0) is 14.7 Å². The van der Waals surface area contributed by atoms with Crippen LogP contribution in [0.3, 0.4) is 0 Å². The zero-order valence-electron chi connectivity index (χ0n) is 7.99. The Bertz CT molecular complexity index is 293. The first-order valence-corrected chi connectivity index (χ1v) is 6.20. The lowest BCUT2D eigenvalue weighted by atomic mass is 10.2. The molecular formula is C8H15NO3S. The van der Waals surface area contributed by atoms with Gasteiger partial charge in [-0.05, 0) is 5.92 Å². The lowest BCUT2D eigenvalue weighted by Gasteiger charge is -2.02. The Morgan fingerprint density at radius 1 is 1.54 bits per heavy atom. The Kier molecular flexibility index (Phi) is 3.30. The van der Waals surface area contributed by atoms with E-state index in [1.165, 1.54) is 0 Å². The van der Waals surface area contributed by atoms with Gasteiger partial charge in [-0.15, -0.1) is 0 Å². The summed E-state index contributed by atoms with van der Waals surface area (Å²) < 4.78 is 22.0. The predicted molar refractivity (Wildman–Crippen MR) is 51.5 cm³/mol. The fourth-order valence-electron chi connectivity index (χ4n) is 1.02. The van der Waals surface area contributed by atoms with Crippen LogP contribution in [0.2, 0.25) is 0 Å². The van der Waals surface area contributed by atoms with Crippen LogP contribution in [0.25, 0.3) is 0 Å². The van der Waals surface area contributed by atoms with Crippen LogP contribution in [0.1, 0.15) is 20.3 Å². The van der Waals surface area contributed by atoms with Gasteiger partial charge in [-0.3, -0.25) is 0 Å². The minimum atomic E-state index is -2.86. The minimum absolute atomic E-state index is 0.0745. The summed E-state index contributed by atoms with van der Waals surface area (Å²) in [4.78, 5) is 5.00. The second-order valence-electron chi connectivity index (χ2n) is 3.69. The van der Waals surface area contributed by atoms with Crippen molar-refractivity contribution in [1.82, 2.24) is 0 Å². The molecule has 0 amide bonds. The van der Waals surface area contributed by atoms with Gasteiger partial charge in [0, 0.05) is 6.42 Å². The van der Waals surface area contributed by atoms with Gasteiger partial charge in [0.2, 0.25) is 0 Å². The van der Waals surface area contributed by atoms with E-state index in [0.717, 1.165) is 0 Å². The molecule has 0 atom stereocenters. The summed E-state index contributed by atoms with van der Waals surface area (Å²) in [7, 11) is -2.86.